The lowest BCUT2D eigenvalue weighted by Gasteiger charge is -1.97. The van der Waals surface area contributed by atoms with Crippen LogP contribution in [-0.4, -0.2) is 11.9 Å². The smallest absolute Gasteiger partial charge is 0.345 e. The van der Waals surface area contributed by atoms with Gasteiger partial charge < -0.3 is 4.74 Å². The van der Waals surface area contributed by atoms with Gasteiger partial charge in [-0.1, -0.05) is 18.2 Å². The molecule has 0 N–H and O–H groups in total. The van der Waals surface area contributed by atoms with E-state index in [0.717, 1.165) is 0 Å². The molecule has 61 valence electrons. The van der Waals surface area contributed by atoms with Crippen LogP contribution in [0.15, 0.2) is 30.3 Å². The molecular formula is C9H7O3. The first-order chi connectivity index (χ1) is 5.70. The van der Waals surface area contributed by atoms with Gasteiger partial charge >= 0.3 is 11.9 Å². The molecular weight excluding hydrogens is 156 g/mol. The molecule has 1 rings (SSSR count). The summed E-state index contributed by atoms with van der Waals surface area (Å²) in [5.74, 6) is -1.51. The minimum absolute atomic E-state index is 0.342. The van der Waals surface area contributed by atoms with Crippen LogP contribution in [0.2, 0.25) is 0 Å². The van der Waals surface area contributed by atoms with Crippen LogP contribution in [0, 0.1) is 6.92 Å². The van der Waals surface area contributed by atoms with E-state index in [1.165, 1.54) is 0 Å². The Kier molecular flexibility index (Phi) is 2.58. The highest BCUT2D eigenvalue weighted by Gasteiger charge is 2.07. The van der Waals surface area contributed by atoms with Crippen molar-refractivity contribution in [1.82, 2.24) is 0 Å². The van der Waals surface area contributed by atoms with Gasteiger partial charge in [0, 0.05) is 0 Å². The lowest BCUT2D eigenvalue weighted by atomic mass is 10.2. The van der Waals surface area contributed by atoms with Gasteiger partial charge in [-0.25, -0.2) is 4.79 Å². The summed E-state index contributed by atoms with van der Waals surface area (Å²) < 4.78 is 4.25. The third-order valence-electron chi connectivity index (χ3n) is 1.22. The van der Waals surface area contributed by atoms with Crippen molar-refractivity contribution in [2.75, 3.05) is 0 Å². The van der Waals surface area contributed by atoms with Gasteiger partial charge in [0.2, 0.25) is 0 Å². The van der Waals surface area contributed by atoms with Gasteiger partial charge in [-0.3, -0.25) is 4.79 Å². The van der Waals surface area contributed by atoms with E-state index in [1.807, 2.05) is 0 Å². The van der Waals surface area contributed by atoms with Crippen LogP contribution in [0.3, 0.4) is 0 Å². The Morgan fingerprint density at radius 1 is 1.17 bits per heavy atom. The predicted molar refractivity (Wildman–Crippen MR) is 42.2 cm³/mol. The van der Waals surface area contributed by atoms with Crippen molar-refractivity contribution in [2.24, 2.45) is 0 Å². The van der Waals surface area contributed by atoms with Crippen molar-refractivity contribution < 1.29 is 14.3 Å². The number of carbonyl (C=O) groups is 2. The van der Waals surface area contributed by atoms with Crippen molar-refractivity contribution in [2.45, 2.75) is 0 Å². The highest BCUT2D eigenvalue weighted by atomic mass is 16.6. The van der Waals surface area contributed by atoms with E-state index in [1.54, 1.807) is 30.3 Å². The summed E-state index contributed by atoms with van der Waals surface area (Å²) in [7, 11) is 0. The number of hydrogen-bond donors (Lipinski definition) is 0. The first-order valence-electron chi connectivity index (χ1n) is 3.33. The van der Waals surface area contributed by atoms with Gasteiger partial charge in [-0.15, -0.1) is 0 Å². The van der Waals surface area contributed by atoms with Gasteiger partial charge in [-0.2, -0.15) is 0 Å². The maximum atomic E-state index is 11.0. The summed E-state index contributed by atoms with van der Waals surface area (Å²) in [5, 5.41) is 0. The van der Waals surface area contributed by atoms with E-state index in [2.05, 4.69) is 11.7 Å². The van der Waals surface area contributed by atoms with E-state index in [0.29, 0.717) is 5.56 Å². The van der Waals surface area contributed by atoms with Crippen molar-refractivity contribution in [3.05, 3.63) is 42.8 Å². The molecule has 0 fully saturated rings. The van der Waals surface area contributed by atoms with Crippen LogP contribution in [0.4, 0.5) is 0 Å². The molecule has 0 aromatic heterocycles. The molecule has 1 aromatic rings. The first kappa shape index (κ1) is 8.46. The molecule has 0 spiro atoms. The molecule has 0 bridgehead atoms. The van der Waals surface area contributed by atoms with Crippen molar-refractivity contribution in [3.8, 4) is 0 Å². The van der Waals surface area contributed by atoms with Crippen LogP contribution >= 0.6 is 0 Å². The third-order valence-corrected chi connectivity index (χ3v) is 1.22. The molecule has 0 amide bonds. The summed E-state index contributed by atoms with van der Waals surface area (Å²) >= 11 is 0. The standard InChI is InChI=1S/C9H7O3/c1-7(10)12-9(11)8-5-3-2-4-6-8/h2-6H,1H2. The Morgan fingerprint density at radius 3 is 2.25 bits per heavy atom. The van der Waals surface area contributed by atoms with E-state index >= 15 is 0 Å². The summed E-state index contributed by atoms with van der Waals surface area (Å²) in [5.41, 5.74) is 0.342. The second-order valence-electron chi connectivity index (χ2n) is 2.13. The van der Waals surface area contributed by atoms with Gasteiger partial charge in [0.05, 0.1) is 12.5 Å². The van der Waals surface area contributed by atoms with Crippen LogP contribution in [0.1, 0.15) is 10.4 Å². The monoisotopic (exact) mass is 163 g/mol. The lowest BCUT2D eigenvalue weighted by Crippen LogP contribution is -2.08. The fourth-order valence-electron chi connectivity index (χ4n) is 0.737. The summed E-state index contributed by atoms with van der Waals surface area (Å²) in [6.45, 7) is 2.92. The molecule has 3 heteroatoms. The third kappa shape index (κ3) is 2.20. The second kappa shape index (κ2) is 3.67. The normalized spacial score (nSPS) is 9.08. The number of esters is 2. The summed E-state index contributed by atoms with van der Waals surface area (Å²) in [6.07, 6.45) is 0. The highest BCUT2D eigenvalue weighted by molar-refractivity contribution is 5.97. The predicted octanol–water partition coefficient (Wildman–Crippen LogP) is 1.20. The zero-order valence-electron chi connectivity index (χ0n) is 6.32. The van der Waals surface area contributed by atoms with Crippen molar-refractivity contribution in [1.29, 1.82) is 0 Å². The minimum atomic E-state index is -0.844. The lowest BCUT2D eigenvalue weighted by molar-refractivity contribution is -0.132. The maximum Gasteiger partial charge on any atom is 0.345 e. The number of carbonyl (C=O) groups excluding carboxylic acids is 2. The minimum Gasteiger partial charge on any atom is -0.389 e. The van der Waals surface area contributed by atoms with E-state index < -0.39 is 11.9 Å². The molecule has 0 aliphatic rings. The summed E-state index contributed by atoms with van der Waals surface area (Å²) in [4.78, 5) is 21.2. The Labute approximate surface area is 70.0 Å². The molecule has 0 saturated carbocycles. The molecule has 0 aliphatic carbocycles. The molecule has 0 atom stereocenters. The van der Waals surface area contributed by atoms with Crippen molar-refractivity contribution >= 4 is 11.9 Å². The van der Waals surface area contributed by atoms with Gasteiger partial charge in [0.25, 0.3) is 0 Å². The average Bonchev–Trinajstić information content (AvgIpc) is 2.05. The van der Waals surface area contributed by atoms with Gasteiger partial charge in [0.15, 0.2) is 0 Å². The van der Waals surface area contributed by atoms with Crippen LogP contribution in [-0.2, 0) is 9.53 Å². The second-order valence-corrected chi connectivity index (χ2v) is 2.13. The number of hydrogen-bond acceptors (Lipinski definition) is 3. The Balaban J connectivity index is 2.73. The maximum absolute atomic E-state index is 11.0. The molecule has 0 unspecified atom stereocenters. The quantitative estimate of drug-likeness (QED) is 0.461. The van der Waals surface area contributed by atoms with Gasteiger partial charge in [0.1, 0.15) is 0 Å². The summed E-state index contributed by atoms with van der Waals surface area (Å²) in [6, 6.07) is 8.26. The Hall–Kier alpha value is -1.64. The molecule has 1 radical (unpaired) electrons. The SMILES string of the molecule is [CH2]C(=O)OC(=O)c1ccccc1. The van der Waals surface area contributed by atoms with Crippen LogP contribution < -0.4 is 0 Å². The zero-order chi connectivity index (χ0) is 8.97. The Bertz CT molecular complexity index is 290. The number of rotatable bonds is 1. The van der Waals surface area contributed by atoms with Crippen LogP contribution in [0.25, 0.3) is 0 Å². The number of ether oxygens (including phenoxy) is 1. The molecule has 0 heterocycles. The molecule has 0 aliphatic heterocycles. The fraction of sp³-hybridized carbons (Fsp3) is 0. The fourth-order valence-corrected chi connectivity index (χ4v) is 0.737. The first-order valence-corrected chi connectivity index (χ1v) is 3.33. The average molecular weight is 163 g/mol. The highest BCUT2D eigenvalue weighted by Crippen LogP contribution is 2.00. The van der Waals surface area contributed by atoms with Crippen LogP contribution in [0.5, 0.6) is 0 Å². The molecule has 12 heavy (non-hydrogen) atoms. The van der Waals surface area contributed by atoms with E-state index in [-0.39, 0.29) is 0 Å². The van der Waals surface area contributed by atoms with Crippen molar-refractivity contribution in [3.63, 3.8) is 0 Å². The molecule has 0 saturated heterocycles. The topological polar surface area (TPSA) is 43.4 Å². The zero-order valence-corrected chi connectivity index (χ0v) is 6.32. The van der Waals surface area contributed by atoms with E-state index in [9.17, 15) is 9.59 Å². The molecule has 1 aromatic carbocycles. The van der Waals surface area contributed by atoms with Gasteiger partial charge in [-0.05, 0) is 12.1 Å². The molecule has 3 nitrogen and oxygen atoms in total. The van der Waals surface area contributed by atoms with E-state index in [4.69, 9.17) is 0 Å². The largest absolute Gasteiger partial charge is 0.389 e. The Morgan fingerprint density at radius 2 is 1.75 bits per heavy atom. The number of benzene rings is 1.